The zero-order valence-electron chi connectivity index (χ0n) is 10.5. The molecule has 0 spiro atoms. The topological polar surface area (TPSA) is 26.2 Å². The van der Waals surface area contributed by atoms with Crippen LogP contribution in [0, 0.1) is 13.8 Å². The van der Waals surface area contributed by atoms with Crippen LogP contribution in [0.5, 0.6) is 0 Å². The lowest BCUT2D eigenvalue weighted by atomic mass is 10.1. The molecule has 1 unspecified atom stereocenters. The summed E-state index contributed by atoms with van der Waals surface area (Å²) >= 11 is 0. The van der Waals surface area contributed by atoms with Crippen LogP contribution >= 0.6 is 0 Å². The largest absolute Gasteiger partial charge is 0.380 e. The molecular weight excluding hydrogens is 200 g/mol. The summed E-state index contributed by atoms with van der Waals surface area (Å²) in [4.78, 5) is 0. The van der Waals surface area contributed by atoms with Crippen molar-refractivity contribution in [2.75, 3.05) is 13.2 Å². The Hall–Kier alpha value is -0.800. The first-order valence-electron chi connectivity index (χ1n) is 6.11. The van der Waals surface area contributed by atoms with Crippen LogP contribution in [0.2, 0.25) is 0 Å². The van der Waals surface area contributed by atoms with E-state index in [9.17, 15) is 0 Å². The molecule has 1 aromatic heterocycles. The van der Waals surface area contributed by atoms with Crippen molar-refractivity contribution in [3.8, 4) is 0 Å². The summed E-state index contributed by atoms with van der Waals surface area (Å²) < 4.78 is 7.71. The maximum atomic E-state index is 5.46. The number of hydrogen-bond acceptors (Lipinski definition) is 2. The summed E-state index contributed by atoms with van der Waals surface area (Å²) in [5.74, 6) is 0. The van der Waals surface area contributed by atoms with Crippen LogP contribution in [0.3, 0.4) is 0 Å². The van der Waals surface area contributed by atoms with E-state index in [4.69, 9.17) is 4.74 Å². The number of nitrogens with zero attached hydrogens (tertiary/aromatic N) is 1. The van der Waals surface area contributed by atoms with Crippen molar-refractivity contribution in [2.24, 2.45) is 7.05 Å². The van der Waals surface area contributed by atoms with E-state index in [-0.39, 0.29) is 0 Å². The summed E-state index contributed by atoms with van der Waals surface area (Å²) in [6, 6.07) is 2.81. The van der Waals surface area contributed by atoms with Crippen molar-refractivity contribution in [1.29, 1.82) is 0 Å². The van der Waals surface area contributed by atoms with Gasteiger partial charge in [-0.25, -0.2) is 0 Å². The van der Waals surface area contributed by atoms with Gasteiger partial charge >= 0.3 is 0 Å². The Morgan fingerprint density at radius 3 is 2.88 bits per heavy atom. The first-order chi connectivity index (χ1) is 7.68. The van der Waals surface area contributed by atoms with Crippen LogP contribution in [-0.4, -0.2) is 23.8 Å². The second-order valence-electron chi connectivity index (χ2n) is 4.75. The van der Waals surface area contributed by atoms with E-state index < -0.39 is 0 Å². The number of nitrogens with one attached hydrogen (secondary N) is 1. The van der Waals surface area contributed by atoms with Crippen LogP contribution in [0.1, 0.15) is 29.8 Å². The molecule has 1 atom stereocenters. The van der Waals surface area contributed by atoms with Crippen molar-refractivity contribution in [3.05, 3.63) is 23.0 Å². The lowest BCUT2D eigenvalue weighted by Gasteiger charge is -2.23. The Balaban J connectivity index is 1.91. The fourth-order valence-electron chi connectivity index (χ4n) is 2.27. The lowest BCUT2D eigenvalue weighted by molar-refractivity contribution is 0.0699. The third-order valence-corrected chi connectivity index (χ3v) is 3.62. The van der Waals surface area contributed by atoms with Gasteiger partial charge in [-0.1, -0.05) is 0 Å². The molecule has 2 heterocycles. The van der Waals surface area contributed by atoms with Crippen LogP contribution in [0.15, 0.2) is 6.07 Å². The SMILES string of the molecule is Cc1cc(CNC2CCCOC2)c(C)n1C. The summed E-state index contributed by atoms with van der Waals surface area (Å²) in [6.45, 7) is 7.09. The van der Waals surface area contributed by atoms with Crippen LogP contribution < -0.4 is 5.32 Å². The number of rotatable bonds is 3. The average Bonchev–Trinajstić information content (AvgIpc) is 2.56. The molecule has 1 aliphatic rings. The van der Waals surface area contributed by atoms with Gasteiger partial charge in [-0.3, -0.25) is 0 Å². The molecule has 2 rings (SSSR count). The van der Waals surface area contributed by atoms with Gasteiger partial charge in [0, 0.05) is 37.6 Å². The molecule has 16 heavy (non-hydrogen) atoms. The molecule has 1 fully saturated rings. The van der Waals surface area contributed by atoms with E-state index in [0.717, 1.165) is 19.8 Å². The minimum Gasteiger partial charge on any atom is -0.380 e. The molecule has 0 aliphatic carbocycles. The molecule has 0 bridgehead atoms. The molecule has 3 nitrogen and oxygen atoms in total. The van der Waals surface area contributed by atoms with Crippen LogP contribution in [0.25, 0.3) is 0 Å². The maximum absolute atomic E-state index is 5.46. The molecule has 1 saturated heterocycles. The quantitative estimate of drug-likeness (QED) is 0.845. The maximum Gasteiger partial charge on any atom is 0.0619 e. The van der Waals surface area contributed by atoms with Gasteiger partial charge in [-0.05, 0) is 38.3 Å². The van der Waals surface area contributed by atoms with Gasteiger partial charge < -0.3 is 14.6 Å². The second kappa shape index (κ2) is 5.02. The van der Waals surface area contributed by atoms with Gasteiger partial charge in [0.15, 0.2) is 0 Å². The monoisotopic (exact) mass is 222 g/mol. The molecule has 1 N–H and O–H groups in total. The fraction of sp³-hybridized carbons (Fsp3) is 0.692. The Labute approximate surface area is 97.8 Å². The summed E-state index contributed by atoms with van der Waals surface area (Å²) in [5.41, 5.74) is 4.10. The molecule has 3 heteroatoms. The van der Waals surface area contributed by atoms with Gasteiger partial charge in [0.2, 0.25) is 0 Å². The van der Waals surface area contributed by atoms with E-state index >= 15 is 0 Å². The first kappa shape index (κ1) is 11.7. The van der Waals surface area contributed by atoms with Gasteiger partial charge in [0.25, 0.3) is 0 Å². The highest BCUT2D eigenvalue weighted by atomic mass is 16.5. The van der Waals surface area contributed by atoms with Crippen molar-refractivity contribution in [1.82, 2.24) is 9.88 Å². The predicted octanol–water partition coefficient (Wildman–Crippen LogP) is 1.91. The van der Waals surface area contributed by atoms with Gasteiger partial charge in [-0.2, -0.15) is 0 Å². The minimum absolute atomic E-state index is 0.536. The molecular formula is C13H22N2O. The van der Waals surface area contributed by atoms with Gasteiger partial charge in [0.1, 0.15) is 0 Å². The molecule has 90 valence electrons. The molecule has 0 amide bonds. The third-order valence-electron chi connectivity index (χ3n) is 3.62. The Morgan fingerprint density at radius 2 is 2.31 bits per heavy atom. The highest BCUT2D eigenvalue weighted by Crippen LogP contribution is 2.14. The van der Waals surface area contributed by atoms with Crippen molar-refractivity contribution in [3.63, 3.8) is 0 Å². The van der Waals surface area contributed by atoms with E-state index in [2.05, 4.69) is 36.8 Å². The smallest absolute Gasteiger partial charge is 0.0619 e. The number of hydrogen-bond donors (Lipinski definition) is 1. The van der Waals surface area contributed by atoms with Crippen molar-refractivity contribution < 1.29 is 4.74 Å². The summed E-state index contributed by atoms with van der Waals surface area (Å²) in [7, 11) is 2.12. The average molecular weight is 222 g/mol. The Kier molecular flexibility index (Phi) is 3.66. The molecule has 0 saturated carbocycles. The standard InChI is InChI=1S/C13H22N2O/c1-10-7-12(11(2)15(10)3)8-14-13-5-4-6-16-9-13/h7,13-14H,4-6,8-9H2,1-3H3. The third kappa shape index (κ3) is 2.47. The zero-order valence-corrected chi connectivity index (χ0v) is 10.5. The molecule has 0 aromatic carbocycles. The molecule has 1 aromatic rings. The second-order valence-corrected chi connectivity index (χ2v) is 4.75. The fourth-order valence-corrected chi connectivity index (χ4v) is 2.27. The van der Waals surface area contributed by atoms with E-state index in [0.29, 0.717) is 6.04 Å². The Morgan fingerprint density at radius 1 is 1.50 bits per heavy atom. The minimum atomic E-state index is 0.536. The number of aryl methyl sites for hydroxylation is 1. The van der Waals surface area contributed by atoms with Crippen molar-refractivity contribution >= 4 is 0 Å². The van der Waals surface area contributed by atoms with E-state index in [1.54, 1.807) is 0 Å². The summed E-state index contributed by atoms with van der Waals surface area (Å²) in [5, 5.41) is 3.58. The molecule has 0 radical (unpaired) electrons. The van der Waals surface area contributed by atoms with Crippen molar-refractivity contribution in [2.45, 2.75) is 39.3 Å². The number of aromatic nitrogens is 1. The van der Waals surface area contributed by atoms with E-state index in [1.807, 2.05) is 0 Å². The lowest BCUT2D eigenvalue weighted by Crippen LogP contribution is -2.36. The summed E-state index contributed by atoms with van der Waals surface area (Å²) in [6.07, 6.45) is 2.43. The first-order valence-corrected chi connectivity index (χ1v) is 6.11. The Bertz CT molecular complexity index is 351. The molecule has 1 aliphatic heterocycles. The zero-order chi connectivity index (χ0) is 11.5. The van der Waals surface area contributed by atoms with Gasteiger partial charge in [-0.15, -0.1) is 0 Å². The highest BCUT2D eigenvalue weighted by Gasteiger charge is 2.14. The van der Waals surface area contributed by atoms with Crippen LogP contribution in [0.4, 0.5) is 0 Å². The van der Waals surface area contributed by atoms with Crippen LogP contribution in [-0.2, 0) is 18.3 Å². The van der Waals surface area contributed by atoms with E-state index in [1.165, 1.54) is 29.8 Å². The highest BCUT2D eigenvalue weighted by molar-refractivity contribution is 5.26. The van der Waals surface area contributed by atoms with Gasteiger partial charge in [0.05, 0.1) is 6.61 Å². The number of ether oxygens (including phenoxy) is 1. The predicted molar refractivity (Wildman–Crippen MR) is 65.6 cm³/mol. The normalized spacial score (nSPS) is 21.3.